The van der Waals surface area contributed by atoms with Crippen molar-refractivity contribution in [2.24, 2.45) is 23.7 Å². The maximum atomic E-state index is 13.7. The van der Waals surface area contributed by atoms with E-state index in [-0.39, 0.29) is 6.07 Å². The summed E-state index contributed by atoms with van der Waals surface area (Å²) in [7, 11) is 0. The average molecular weight is 386 g/mol. The largest absolute Gasteiger partial charge is 0.420 e. The first kappa shape index (κ1) is 20.2. The summed E-state index contributed by atoms with van der Waals surface area (Å²) in [6.07, 6.45) is 9.16. The van der Waals surface area contributed by atoms with E-state index in [4.69, 9.17) is 4.74 Å². The Balaban J connectivity index is 1.55. The van der Waals surface area contributed by atoms with Gasteiger partial charge in [0.05, 0.1) is 5.92 Å². The van der Waals surface area contributed by atoms with E-state index in [0.717, 1.165) is 18.8 Å². The van der Waals surface area contributed by atoms with E-state index in [0.29, 0.717) is 24.7 Å². The summed E-state index contributed by atoms with van der Waals surface area (Å²) in [6.45, 7) is 2.23. The third-order valence-electron chi connectivity index (χ3n) is 6.51. The average Bonchev–Trinajstić information content (AvgIpc) is 2.70. The van der Waals surface area contributed by atoms with Crippen molar-refractivity contribution >= 4 is 5.97 Å². The zero-order valence-corrected chi connectivity index (χ0v) is 15.6. The molecule has 0 atom stereocenters. The molecule has 2 fully saturated rings. The Morgan fingerprint density at radius 3 is 1.85 bits per heavy atom. The Hall–Kier alpha value is -1.59. The highest BCUT2D eigenvalue weighted by atomic mass is 19.2. The molecule has 2 aliphatic carbocycles. The molecule has 1 aromatic carbocycles. The summed E-state index contributed by atoms with van der Waals surface area (Å²) in [6, 6.07) is 0.0977. The highest BCUT2D eigenvalue weighted by Gasteiger charge is 2.34. The summed E-state index contributed by atoms with van der Waals surface area (Å²) in [5.41, 5.74) is 0. The highest BCUT2D eigenvalue weighted by molar-refractivity contribution is 5.75. The van der Waals surface area contributed by atoms with Gasteiger partial charge in [0.15, 0.2) is 11.6 Å². The number of benzene rings is 1. The number of ether oxygens (including phenoxy) is 1. The summed E-state index contributed by atoms with van der Waals surface area (Å²) < 4.78 is 58.6. The van der Waals surface area contributed by atoms with E-state index in [1.54, 1.807) is 0 Å². The Kier molecular flexibility index (Phi) is 6.43. The molecule has 1 aromatic rings. The van der Waals surface area contributed by atoms with Crippen molar-refractivity contribution < 1.29 is 27.1 Å². The van der Waals surface area contributed by atoms with Gasteiger partial charge in [-0.2, -0.15) is 8.78 Å². The molecule has 0 aliphatic heterocycles. The van der Waals surface area contributed by atoms with Crippen molar-refractivity contribution in [3.63, 3.8) is 0 Å². The molecule has 0 amide bonds. The second kappa shape index (κ2) is 8.61. The fourth-order valence-corrected chi connectivity index (χ4v) is 4.72. The number of halogens is 4. The minimum absolute atomic E-state index is 0.0977. The Morgan fingerprint density at radius 1 is 0.889 bits per heavy atom. The molecule has 0 N–H and O–H groups in total. The van der Waals surface area contributed by atoms with Crippen molar-refractivity contribution in [1.82, 2.24) is 0 Å². The van der Waals surface area contributed by atoms with Gasteiger partial charge in [0.25, 0.3) is 0 Å². The number of hydrogen-bond acceptors (Lipinski definition) is 2. The standard InChI is InChI=1S/C21H26F4O2/c1-2-12-3-5-13(6-4-12)14-7-9-15(10-8-14)21(26)27-20-18(24)16(22)11-17(23)19(20)25/h11-15H,2-10H2,1H3. The van der Waals surface area contributed by atoms with Crippen LogP contribution in [0.1, 0.15) is 64.7 Å². The molecule has 0 unspecified atom stereocenters. The molecule has 27 heavy (non-hydrogen) atoms. The molecule has 0 bridgehead atoms. The fourth-order valence-electron chi connectivity index (χ4n) is 4.72. The minimum atomic E-state index is -1.68. The van der Waals surface area contributed by atoms with E-state index < -0.39 is 40.9 Å². The van der Waals surface area contributed by atoms with Crippen LogP contribution in [0, 0.1) is 46.9 Å². The zero-order valence-electron chi connectivity index (χ0n) is 15.6. The molecule has 2 aliphatic rings. The lowest BCUT2D eigenvalue weighted by Gasteiger charge is -2.37. The first-order chi connectivity index (χ1) is 12.9. The van der Waals surface area contributed by atoms with Gasteiger partial charge in [0.2, 0.25) is 17.4 Å². The molecule has 2 saturated carbocycles. The Bertz CT molecular complexity index is 649. The second-order valence-electron chi connectivity index (χ2n) is 8.02. The first-order valence-corrected chi connectivity index (χ1v) is 9.95. The fraction of sp³-hybridized carbons (Fsp3) is 0.667. The normalized spacial score (nSPS) is 28.8. The number of hydrogen-bond donors (Lipinski definition) is 0. The summed E-state index contributed by atoms with van der Waals surface area (Å²) >= 11 is 0. The van der Waals surface area contributed by atoms with Gasteiger partial charge >= 0.3 is 5.97 Å². The van der Waals surface area contributed by atoms with E-state index in [1.165, 1.54) is 32.1 Å². The summed E-state index contributed by atoms with van der Waals surface area (Å²) in [5, 5.41) is 0. The van der Waals surface area contributed by atoms with Gasteiger partial charge in [0.1, 0.15) is 0 Å². The molecule has 6 heteroatoms. The van der Waals surface area contributed by atoms with Gasteiger partial charge in [-0.15, -0.1) is 0 Å². The van der Waals surface area contributed by atoms with E-state index in [9.17, 15) is 22.4 Å². The summed E-state index contributed by atoms with van der Waals surface area (Å²) in [4.78, 5) is 12.3. The van der Waals surface area contributed by atoms with Crippen LogP contribution >= 0.6 is 0 Å². The maximum absolute atomic E-state index is 13.7. The number of esters is 1. The number of carbonyl (C=O) groups excluding carboxylic acids is 1. The molecule has 0 spiro atoms. The second-order valence-corrected chi connectivity index (χ2v) is 8.02. The van der Waals surface area contributed by atoms with Crippen LogP contribution in [0.2, 0.25) is 0 Å². The van der Waals surface area contributed by atoms with Crippen LogP contribution in [0.15, 0.2) is 6.07 Å². The van der Waals surface area contributed by atoms with Gasteiger partial charge in [0, 0.05) is 6.07 Å². The SMILES string of the molecule is CCC1CCC(C2CCC(C(=O)Oc3c(F)c(F)cc(F)c3F)CC2)CC1. The predicted octanol–water partition coefficient (Wildman–Crippen LogP) is 6.17. The molecule has 2 nitrogen and oxygen atoms in total. The number of carbonyl (C=O) groups is 1. The molecule has 0 radical (unpaired) electrons. The van der Waals surface area contributed by atoms with Crippen molar-refractivity contribution in [1.29, 1.82) is 0 Å². The van der Waals surface area contributed by atoms with E-state index >= 15 is 0 Å². The maximum Gasteiger partial charge on any atom is 0.314 e. The van der Waals surface area contributed by atoms with Crippen molar-refractivity contribution in [3.8, 4) is 5.75 Å². The smallest absolute Gasteiger partial charge is 0.314 e. The first-order valence-electron chi connectivity index (χ1n) is 9.95. The van der Waals surface area contributed by atoms with Crippen LogP contribution < -0.4 is 4.74 Å². The molecule has 0 heterocycles. The van der Waals surface area contributed by atoms with Gasteiger partial charge in [-0.05, 0) is 56.3 Å². The third-order valence-corrected chi connectivity index (χ3v) is 6.51. The van der Waals surface area contributed by atoms with Gasteiger partial charge in [-0.1, -0.05) is 26.2 Å². The lowest BCUT2D eigenvalue weighted by molar-refractivity contribution is -0.141. The van der Waals surface area contributed by atoms with Crippen LogP contribution in [0.4, 0.5) is 17.6 Å². The Morgan fingerprint density at radius 2 is 1.37 bits per heavy atom. The third kappa shape index (κ3) is 4.46. The van der Waals surface area contributed by atoms with Crippen molar-refractivity contribution in [3.05, 3.63) is 29.3 Å². The molecule has 3 rings (SSSR count). The zero-order chi connectivity index (χ0) is 19.6. The quantitative estimate of drug-likeness (QED) is 0.268. The molecular formula is C21H26F4O2. The van der Waals surface area contributed by atoms with Gasteiger partial charge in [-0.25, -0.2) is 8.78 Å². The lowest BCUT2D eigenvalue weighted by atomic mass is 9.69. The van der Waals surface area contributed by atoms with Crippen LogP contribution in [-0.2, 0) is 4.79 Å². The monoisotopic (exact) mass is 386 g/mol. The topological polar surface area (TPSA) is 26.3 Å². The van der Waals surface area contributed by atoms with Crippen LogP contribution in [0.5, 0.6) is 5.75 Å². The van der Waals surface area contributed by atoms with Crippen LogP contribution in [-0.4, -0.2) is 5.97 Å². The van der Waals surface area contributed by atoms with Gasteiger partial charge < -0.3 is 4.74 Å². The molecular weight excluding hydrogens is 360 g/mol. The molecule has 150 valence electrons. The Labute approximate surface area is 157 Å². The highest BCUT2D eigenvalue weighted by Crippen LogP contribution is 2.42. The minimum Gasteiger partial charge on any atom is -0.420 e. The van der Waals surface area contributed by atoms with E-state index in [2.05, 4.69) is 6.92 Å². The van der Waals surface area contributed by atoms with Crippen LogP contribution in [0.25, 0.3) is 0 Å². The molecule has 0 saturated heterocycles. The lowest BCUT2D eigenvalue weighted by Crippen LogP contribution is -2.30. The predicted molar refractivity (Wildman–Crippen MR) is 93.1 cm³/mol. The number of rotatable bonds is 4. The summed E-state index contributed by atoms with van der Waals surface area (Å²) in [5.74, 6) is -6.99. The van der Waals surface area contributed by atoms with E-state index in [1.807, 2.05) is 0 Å². The molecule has 0 aromatic heterocycles. The van der Waals surface area contributed by atoms with Crippen LogP contribution in [0.3, 0.4) is 0 Å². The van der Waals surface area contributed by atoms with Gasteiger partial charge in [-0.3, -0.25) is 4.79 Å². The van der Waals surface area contributed by atoms with Crippen molar-refractivity contribution in [2.45, 2.75) is 64.7 Å². The van der Waals surface area contributed by atoms with Crippen molar-refractivity contribution in [2.75, 3.05) is 0 Å².